The zero-order valence-electron chi connectivity index (χ0n) is 13.0. The third-order valence-electron chi connectivity index (χ3n) is 3.05. The Kier molecular flexibility index (Phi) is 5.18. The summed E-state index contributed by atoms with van der Waals surface area (Å²) in [6.45, 7) is 3.59. The van der Waals surface area contributed by atoms with E-state index in [1.807, 2.05) is 4.72 Å². The normalized spacial score (nSPS) is 11.4. The Balaban J connectivity index is 2.26. The molecule has 0 saturated carbocycles. The molecule has 2 aromatic rings. The zero-order valence-corrected chi connectivity index (χ0v) is 13.8. The van der Waals surface area contributed by atoms with Crippen molar-refractivity contribution in [3.8, 4) is 0 Å². The largest absolute Gasteiger partial charge is 0.350 e. The molecule has 0 unspecified atom stereocenters. The highest BCUT2D eigenvalue weighted by atomic mass is 32.2. The predicted molar refractivity (Wildman–Crippen MR) is 86.2 cm³/mol. The summed E-state index contributed by atoms with van der Waals surface area (Å²) in [4.78, 5) is 11.6. The van der Waals surface area contributed by atoms with Gasteiger partial charge in [0.15, 0.2) is 0 Å². The lowest BCUT2D eigenvalue weighted by Gasteiger charge is -2.11. The first-order valence-electron chi connectivity index (χ1n) is 7.08. The van der Waals surface area contributed by atoms with Crippen molar-refractivity contribution in [3.63, 3.8) is 0 Å². The topological polar surface area (TPSA) is 75.3 Å². The molecule has 8 heteroatoms. The molecule has 0 bridgehead atoms. The monoisotopic (exact) mass is 354 g/mol. The van der Waals surface area contributed by atoms with Gasteiger partial charge in [-0.3, -0.25) is 9.52 Å². The highest BCUT2D eigenvalue weighted by Crippen LogP contribution is 2.22. The van der Waals surface area contributed by atoms with Crippen molar-refractivity contribution in [2.24, 2.45) is 0 Å². The van der Waals surface area contributed by atoms with E-state index in [0.717, 1.165) is 18.2 Å². The summed E-state index contributed by atoms with van der Waals surface area (Å²) in [5.74, 6) is -2.39. The fourth-order valence-corrected chi connectivity index (χ4v) is 3.00. The summed E-state index contributed by atoms with van der Waals surface area (Å²) in [5, 5.41) is 2.67. The molecule has 0 aliphatic rings. The van der Waals surface area contributed by atoms with Crippen LogP contribution in [0, 0.1) is 11.6 Å². The molecular formula is C16H16F2N2O3S. The summed E-state index contributed by atoms with van der Waals surface area (Å²) in [5.41, 5.74) is -0.473. The van der Waals surface area contributed by atoms with Gasteiger partial charge in [0.25, 0.3) is 15.9 Å². The second-order valence-corrected chi connectivity index (χ2v) is 7.04. The average Bonchev–Trinajstić information content (AvgIpc) is 2.50. The van der Waals surface area contributed by atoms with Gasteiger partial charge in [0.05, 0.1) is 4.90 Å². The quantitative estimate of drug-likeness (QED) is 0.867. The summed E-state index contributed by atoms with van der Waals surface area (Å²) in [6.07, 6.45) is 0. The molecule has 128 valence electrons. The Bertz CT molecular complexity index is 830. The summed E-state index contributed by atoms with van der Waals surface area (Å²) >= 11 is 0. The Morgan fingerprint density at radius 2 is 1.54 bits per heavy atom. The standard InChI is InChI=1S/C16H16F2N2O3S/c1-10(2)19-16(21)11-6-8-12(9-7-11)24(22,23)20-15-13(17)4-3-5-14(15)18/h3-10,20H,1-2H3,(H,19,21). The van der Waals surface area contributed by atoms with Gasteiger partial charge in [-0.15, -0.1) is 0 Å². The van der Waals surface area contributed by atoms with E-state index in [4.69, 9.17) is 0 Å². The van der Waals surface area contributed by atoms with Crippen LogP contribution < -0.4 is 10.0 Å². The maximum Gasteiger partial charge on any atom is 0.262 e. The molecule has 0 aliphatic heterocycles. The molecule has 2 rings (SSSR count). The van der Waals surface area contributed by atoms with Crippen LogP contribution in [0.5, 0.6) is 0 Å². The highest BCUT2D eigenvalue weighted by Gasteiger charge is 2.19. The molecule has 0 fully saturated rings. The van der Waals surface area contributed by atoms with Gasteiger partial charge in [-0.1, -0.05) is 6.07 Å². The van der Waals surface area contributed by atoms with Crippen LogP contribution >= 0.6 is 0 Å². The number of carbonyl (C=O) groups is 1. The second-order valence-electron chi connectivity index (χ2n) is 5.35. The molecule has 2 aromatic carbocycles. The molecule has 0 aliphatic carbocycles. The first-order chi connectivity index (χ1) is 11.2. The van der Waals surface area contributed by atoms with E-state index < -0.39 is 27.3 Å². The Morgan fingerprint density at radius 3 is 2.04 bits per heavy atom. The van der Waals surface area contributed by atoms with Crippen LogP contribution in [-0.4, -0.2) is 20.4 Å². The number of benzene rings is 2. The molecule has 5 nitrogen and oxygen atoms in total. The van der Waals surface area contributed by atoms with Crippen LogP contribution in [0.2, 0.25) is 0 Å². The lowest BCUT2D eigenvalue weighted by atomic mass is 10.2. The number of anilines is 1. The first kappa shape index (κ1) is 17.9. The fraction of sp³-hybridized carbons (Fsp3) is 0.188. The minimum Gasteiger partial charge on any atom is -0.350 e. The van der Waals surface area contributed by atoms with Gasteiger partial charge in [-0.25, -0.2) is 17.2 Å². The molecule has 0 heterocycles. The van der Waals surface area contributed by atoms with Crippen LogP contribution in [-0.2, 0) is 10.0 Å². The van der Waals surface area contributed by atoms with Gasteiger partial charge >= 0.3 is 0 Å². The Hall–Kier alpha value is -2.48. The minimum atomic E-state index is -4.19. The molecule has 2 N–H and O–H groups in total. The average molecular weight is 354 g/mol. The summed E-state index contributed by atoms with van der Waals surface area (Å²) < 4.78 is 53.4. The molecule has 0 radical (unpaired) electrons. The van der Waals surface area contributed by atoms with E-state index in [2.05, 4.69) is 5.32 Å². The van der Waals surface area contributed by atoms with Gasteiger partial charge in [0.2, 0.25) is 0 Å². The minimum absolute atomic E-state index is 0.0633. The first-order valence-corrected chi connectivity index (χ1v) is 8.57. The number of para-hydroxylation sites is 1. The van der Waals surface area contributed by atoms with Crippen molar-refractivity contribution in [2.75, 3.05) is 4.72 Å². The maximum absolute atomic E-state index is 13.6. The van der Waals surface area contributed by atoms with Crippen molar-refractivity contribution in [3.05, 3.63) is 59.7 Å². The number of hydrogen-bond donors (Lipinski definition) is 2. The maximum atomic E-state index is 13.6. The number of rotatable bonds is 5. The summed E-state index contributed by atoms with van der Waals surface area (Å²) in [6, 6.07) is 7.98. The number of sulfonamides is 1. The Labute approximate surface area is 138 Å². The van der Waals surface area contributed by atoms with Crippen molar-refractivity contribution in [2.45, 2.75) is 24.8 Å². The second kappa shape index (κ2) is 6.96. The van der Waals surface area contributed by atoms with E-state index in [0.29, 0.717) is 0 Å². The predicted octanol–water partition coefficient (Wildman–Crippen LogP) is 2.90. The van der Waals surface area contributed by atoms with Crippen LogP contribution in [0.1, 0.15) is 24.2 Å². The fourth-order valence-electron chi connectivity index (χ4n) is 1.92. The van der Waals surface area contributed by atoms with Gasteiger partial charge in [-0.2, -0.15) is 0 Å². The van der Waals surface area contributed by atoms with Gasteiger partial charge in [-0.05, 0) is 50.2 Å². The lowest BCUT2D eigenvalue weighted by Crippen LogP contribution is -2.30. The number of amides is 1. The van der Waals surface area contributed by atoms with E-state index in [1.54, 1.807) is 13.8 Å². The SMILES string of the molecule is CC(C)NC(=O)c1ccc(S(=O)(=O)Nc2c(F)cccc2F)cc1. The third-order valence-corrected chi connectivity index (χ3v) is 4.41. The van der Waals surface area contributed by atoms with Crippen molar-refractivity contribution < 1.29 is 22.0 Å². The van der Waals surface area contributed by atoms with Crippen LogP contribution in [0.3, 0.4) is 0 Å². The van der Waals surface area contributed by atoms with E-state index in [1.165, 1.54) is 24.3 Å². The van der Waals surface area contributed by atoms with Crippen LogP contribution in [0.15, 0.2) is 47.4 Å². The molecule has 24 heavy (non-hydrogen) atoms. The van der Waals surface area contributed by atoms with Crippen LogP contribution in [0.25, 0.3) is 0 Å². The van der Waals surface area contributed by atoms with E-state index in [-0.39, 0.29) is 22.4 Å². The molecule has 0 atom stereocenters. The van der Waals surface area contributed by atoms with Crippen molar-refractivity contribution in [1.29, 1.82) is 0 Å². The van der Waals surface area contributed by atoms with Gasteiger partial charge in [0, 0.05) is 11.6 Å². The zero-order chi connectivity index (χ0) is 17.9. The number of hydrogen-bond acceptors (Lipinski definition) is 3. The number of carbonyl (C=O) groups excluding carboxylic acids is 1. The van der Waals surface area contributed by atoms with Gasteiger partial charge in [0.1, 0.15) is 17.3 Å². The molecule has 0 saturated heterocycles. The number of nitrogens with one attached hydrogen (secondary N) is 2. The molecular weight excluding hydrogens is 338 g/mol. The van der Waals surface area contributed by atoms with E-state index in [9.17, 15) is 22.0 Å². The highest BCUT2D eigenvalue weighted by molar-refractivity contribution is 7.92. The lowest BCUT2D eigenvalue weighted by molar-refractivity contribution is 0.0943. The smallest absolute Gasteiger partial charge is 0.262 e. The third kappa shape index (κ3) is 4.08. The van der Waals surface area contributed by atoms with Crippen molar-refractivity contribution in [1.82, 2.24) is 5.32 Å². The molecule has 0 spiro atoms. The Morgan fingerprint density at radius 1 is 1.00 bits per heavy atom. The molecule has 0 aromatic heterocycles. The number of halogens is 2. The van der Waals surface area contributed by atoms with E-state index >= 15 is 0 Å². The van der Waals surface area contributed by atoms with Crippen LogP contribution in [0.4, 0.5) is 14.5 Å². The van der Waals surface area contributed by atoms with Crippen molar-refractivity contribution >= 4 is 21.6 Å². The summed E-state index contributed by atoms with van der Waals surface area (Å²) in [7, 11) is -4.19. The molecule has 1 amide bonds. The van der Waals surface area contributed by atoms with Gasteiger partial charge < -0.3 is 5.32 Å².